The molecule has 1 aromatic heterocycles. The molecule has 128 valence electrons. The van der Waals surface area contributed by atoms with Gasteiger partial charge in [0, 0.05) is 16.1 Å². The molecule has 0 aliphatic rings. The number of methoxy groups -OCH3 is 2. The van der Waals surface area contributed by atoms with E-state index in [0.717, 1.165) is 5.56 Å². The van der Waals surface area contributed by atoms with Crippen LogP contribution in [0.3, 0.4) is 0 Å². The fourth-order valence-corrected chi connectivity index (χ4v) is 3.00. The van der Waals surface area contributed by atoms with Crippen molar-refractivity contribution in [3.8, 4) is 22.1 Å². The third kappa shape index (κ3) is 3.89. The topological polar surface area (TPSA) is 73.3 Å². The number of aromatic nitrogens is 2. The van der Waals surface area contributed by atoms with Crippen LogP contribution in [0.4, 0.5) is 5.13 Å². The summed E-state index contributed by atoms with van der Waals surface area (Å²) in [5.41, 5.74) is 1.31. The first-order valence-corrected chi connectivity index (χ1v) is 8.43. The Bertz CT molecular complexity index is 896. The Morgan fingerprint density at radius 3 is 2.44 bits per heavy atom. The molecule has 0 radical (unpaired) electrons. The Balaban J connectivity index is 1.76. The van der Waals surface area contributed by atoms with Gasteiger partial charge in [-0.05, 0) is 30.3 Å². The maximum Gasteiger partial charge on any atom is 0.257 e. The van der Waals surface area contributed by atoms with Crippen LogP contribution in [0.15, 0.2) is 42.5 Å². The molecule has 0 fully saturated rings. The van der Waals surface area contributed by atoms with E-state index in [0.29, 0.717) is 32.2 Å². The van der Waals surface area contributed by atoms with Gasteiger partial charge in [-0.2, -0.15) is 0 Å². The molecule has 0 saturated carbocycles. The number of halogens is 1. The van der Waals surface area contributed by atoms with Gasteiger partial charge in [0.15, 0.2) is 11.5 Å². The summed E-state index contributed by atoms with van der Waals surface area (Å²) >= 11 is 7.16. The standard InChI is InChI=1S/C17H14ClN3O3S/c1-23-13-8-5-11(9-14(13)24-2)15(22)19-17-21-20-16(25-17)10-3-6-12(18)7-4-10/h3-9H,1-2H3,(H,19,21,22). The van der Waals surface area contributed by atoms with Crippen LogP contribution in [-0.4, -0.2) is 30.3 Å². The van der Waals surface area contributed by atoms with E-state index in [1.54, 1.807) is 30.3 Å². The van der Waals surface area contributed by atoms with Crippen molar-refractivity contribution in [1.82, 2.24) is 10.2 Å². The number of rotatable bonds is 5. The van der Waals surface area contributed by atoms with Crippen molar-refractivity contribution >= 4 is 34.0 Å². The second kappa shape index (κ2) is 7.50. The molecule has 0 aliphatic heterocycles. The van der Waals surface area contributed by atoms with E-state index in [1.165, 1.54) is 25.6 Å². The highest BCUT2D eigenvalue weighted by molar-refractivity contribution is 7.18. The van der Waals surface area contributed by atoms with Gasteiger partial charge in [0.25, 0.3) is 5.91 Å². The Morgan fingerprint density at radius 2 is 1.76 bits per heavy atom. The lowest BCUT2D eigenvalue weighted by atomic mass is 10.2. The van der Waals surface area contributed by atoms with Crippen LogP contribution in [0.5, 0.6) is 11.5 Å². The van der Waals surface area contributed by atoms with Crippen LogP contribution in [0, 0.1) is 0 Å². The van der Waals surface area contributed by atoms with Crippen molar-refractivity contribution < 1.29 is 14.3 Å². The molecule has 0 unspecified atom stereocenters. The van der Waals surface area contributed by atoms with Crippen molar-refractivity contribution in [3.05, 3.63) is 53.1 Å². The number of hydrogen-bond donors (Lipinski definition) is 1. The number of benzene rings is 2. The highest BCUT2D eigenvalue weighted by Gasteiger charge is 2.14. The van der Waals surface area contributed by atoms with Gasteiger partial charge in [-0.25, -0.2) is 0 Å². The fourth-order valence-electron chi connectivity index (χ4n) is 2.13. The molecule has 3 aromatic rings. The zero-order valence-corrected chi connectivity index (χ0v) is 15.0. The van der Waals surface area contributed by atoms with Gasteiger partial charge in [-0.1, -0.05) is 35.1 Å². The first-order valence-electron chi connectivity index (χ1n) is 7.23. The largest absolute Gasteiger partial charge is 0.493 e. The Labute approximate surface area is 153 Å². The first kappa shape index (κ1) is 17.2. The summed E-state index contributed by atoms with van der Waals surface area (Å²) in [5, 5.41) is 12.6. The van der Waals surface area contributed by atoms with Crippen LogP contribution >= 0.6 is 22.9 Å². The monoisotopic (exact) mass is 375 g/mol. The first-order chi connectivity index (χ1) is 12.1. The highest BCUT2D eigenvalue weighted by Crippen LogP contribution is 2.29. The maximum absolute atomic E-state index is 12.4. The minimum atomic E-state index is -0.306. The molecule has 1 heterocycles. The van der Waals surface area contributed by atoms with Crippen molar-refractivity contribution in [2.24, 2.45) is 0 Å². The van der Waals surface area contributed by atoms with Gasteiger partial charge >= 0.3 is 0 Å². The molecule has 1 N–H and O–H groups in total. The highest BCUT2D eigenvalue weighted by atomic mass is 35.5. The summed E-state index contributed by atoms with van der Waals surface area (Å²) < 4.78 is 10.4. The molecule has 0 saturated heterocycles. The SMILES string of the molecule is COc1ccc(C(=O)Nc2nnc(-c3ccc(Cl)cc3)s2)cc1OC. The van der Waals surface area contributed by atoms with Gasteiger partial charge < -0.3 is 9.47 Å². The lowest BCUT2D eigenvalue weighted by Gasteiger charge is -2.08. The van der Waals surface area contributed by atoms with Gasteiger partial charge in [-0.3, -0.25) is 10.1 Å². The summed E-state index contributed by atoms with van der Waals surface area (Å²) in [6, 6.07) is 12.2. The number of nitrogens with zero attached hydrogens (tertiary/aromatic N) is 2. The van der Waals surface area contributed by atoms with Crippen molar-refractivity contribution in [1.29, 1.82) is 0 Å². The Morgan fingerprint density at radius 1 is 1.04 bits per heavy atom. The summed E-state index contributed by atoms with van der Waals surface area (Å²) in [6.07, 6.45) is 0. The van der Waals surface area contributed by atoms with Crippen LogP contribution < -0.4 is 14.8 Å². The van der Waals surface area contributed by atoms with E-state index in [-0.39, 0.29) is 5.91 Å². The van der Waals surface area contributed by atoms with E-state index in [4.69, 9.17) is 21.1 Å². The molecule has 0 bridgehead atoms. The predicted octanol–water partition coefficient (Wildman–Crippen LogP) is 4.13. The number of amides is 1. The normalized spacial score (nSPS) is 10.4. The van der Waals surface area contributed by atoms with Gasteiger partial charge in [0.1, 0.15) is 5.01 Å². The minimum Gasteiger partial charge on any atom is -0.493 e. The van der Waals surface area contributed by atoms with Crippen LogP contribution in [0.1, 0.15) is 10.4 Å². The number of anilines is 1. The van der Waals surface area contributed by atoms with E-state index < -0.39 is 0 Å². The molecule has 6 nitrogen and oxygen atoms in total. The lowest BCUT2D eigenvalue weighted by Crippen LogP contribution is -2.11. The number of hydrogen-bond acceptors (Lipinski definition) is 6. The molecule has 0 spiro atoms. The number of nitrogens with one attached hydrogen (secondary N) is 1. The van der Waals surface area contributed by atoms with E-state index in [1.807, 2.05) is 12.1 Å². The molecule has 8 heteroatoms. The summed E-state index contributed by atoms with van der Waals surface area (Å²) in [4.78, 5) is 12.4. The maximum atomic E-state index is 12.4. The van der Waals surface area contributed by atoms with Crippen molar-refractivity contribution in [2.75, 3.05) is 19.5 Å². The van der Waals surface area contributed by atoms with E-state index in [9.17, 15) is 4.79 Å². The summed E-state index contributed by atoms with van der Waals surface area (Å²) in [5.74, 6) is 0.731. The van der Waals surface area contributed by atoms with Crippen LogP contribution in [-0.2, 0) is 0 Å². The fraction of sp³-hybridized carbons (Fsp3) is 0.118. The summed E-state index contributed by atoms with van der Waals surface area (Å²) in [7, 11) is 3.06. The molecule has 0 atom stereocenters. The number of ether oxygens (including phenoxy) is 2. The van der Waals surface area contributed by atoms with Crippen molar-refractivity contribution in [2.45, 2.75) is 0 Å². The number of carbonyl (C=O) groups excluding carboxylic acids is 1. The molecule has 1 amide bonds. The second-order valence-corrected chi connectivity index (χ2v) is 6.36. The molecular weight excluding hydrogens is 362 g/mol. The van der Waals surface area contributed by atoms with Crippen LogP contribution in [0.25, 0.3) is 10.6 Å². The quantitative estimate of drug-likeness (QED) is 0.725. The van der Waals surface area contributed by atoms with E-state index >= 15 is 0 Å². The Kier molecular flexibility index (Phi) is 5.16. The molecule has 25 heavy (non-hydrogen) atoms. The Hall–Kier alpha value is -2.64. The van der Waals surface area contributed by atoms with Crippen molar-refractivity contribution in [3.63, 3.8) is 0 Å². The number of carbonyl (C=O) groups is 1. The lowest BCUT2D eigenvalue weighted by molar-refractivity contribution is 0.102. The van der Waals surface area contributed by atoms with E-state index in [2.05, 4.69) is 15.5 Å². The average molecular weight is 376 g/mol. The molecule has 0 aliphatic carbocycles. The van der Waals surface area contributed by atoms with Gasteiger partial charge in [0.2, 0.25) is 5.13 Å². The third-order valence-electron chi connectivity index (χ3n) is 3.38. The van der Waals surface area contributed by atoms with Gasteiger partial charge in [0.05, 0.1) is 14.2 Å². The average Bonchev–Trinajstić information content (AvgIpc) is 3.10. The predicted molar refractivity (Wildman–Crippen MR) is 97.9 cm³/mol. The third-order valence-corrected chi connectivity index (χ3v) is 4.52. The molecule has 3 rings (SSSR count). The van der Waals surface area contributed by atoms with Crippen LogP contribution in [0.2, 0.25) is 5.02 Å². The summed E-state index contributed by atoms with van der Waals surface area (Å²) in [6.45, 7) is 0. The minimum absolute atomic E-state index is 0.306. The molecular formula is C17H14ClN3O3S. The smallest absolute Gasteiger partial charge is 0.257 e. The zero-order chi connectivity index (χ0) is 17.8. The van der Waals surface area contributed by atoms with Gasteiger partial charge in [-0.15, -0.1) is 10.2 Å². The molecule has 2 aromatic carbocycles. The second-order valence-electron chi connectivity index (χ2n) is 4.94. The zero-order valence-electron chi connectivity index (χ0n) is 13.4.